The summed E-state index contributed by atoms with van der Waals surface area (Å²) in [4.78, 5) is 7.73. The molecular formula is C13H31N2O2P. The van der Waals surface area contributed by atoms with Gasteiger partial charge in [0.2, 0.25) is 0 Å². The lowest BCUT2D eigenvalue weighted by Gasteiger charge is -2.02. The first-order valence-corrected chi connectivity index (χ1v) is 8.68. The molecule has 110 valence electrons. The Hall–Kier alpha value is -0.470. The van der Waals surface area contributed by atoms with Gasteiger partial charge >= 0.3 is 0 Å². The third-order valence-electron chi connectivity index (χ3n) is 1.78. The van der Waals surface area contributed by atoms with Crippen molar-refractivity contribution in [1.82, 2.24) is 0 Å². The SMILES string of the molecule is CCC(C)=NC.CCOP(C)(C)=O.CN=C(C)C. The van der Waals surface area contributed by atoms with Crippen LogP contribution in [0.15, 0.2) is 9.98 Å². The van der Waals surface area contributed by atoms with E-state index in [1.165, 1.54) is 5.71 Å². The summed E-state index contributed by atoms with van der Waals surface area (Å²) < 4.78 is 15.4. The first-order valence-electron chi connectivity index (χ1n) is 6.16. The average molecular weight is 278 g/mol. The van der Waals surface area contributed by atoms with Crippen LogP contribution in [-0.2, 0) is 9.09 Å². The Labute approximate surface area is 113 Å². The maximum absolute atomic E-state index is 10.6. The molecule has 0 aliphatic heterocycles. The van der Waals surface area contributed by atoms with Crippen LogP contribution in [0.1, 0.15) is 41.0 Å². The zero-order chi connectivity index (χ0) is 15.2. The van der Waals surface area contributed by atoms with Crippen LogP contribution in [0.5, 0.6) is 0 Å². The summed E-state index contributed by atoms with van der Waals surface area (Å²) in [6, 6.07) is 0. The second-order valence-electron chi connectivity index (χ2n) is 4.15. The van der Waals surface area contributed by atoms with Crippen LogP contribution in [-0.4, -0.2) is 45.5 Å². The third-order valence-corrected chi connectivity index (χ3v) is 2.66. The molecule has 0 bridgehead atoms. The van der Waals surface area contributed by atoms with Crippen molar-refractivity contribution in [3.8, 4) is 0 Å². The predicted molar refractivity (Wildman–Crippen MR) is 85.1 cm³/mol. The fraction of sp³-hybridized carbons (Fsp3) is 0.846. The second-order valence-corrected chi connectivity index (χ2v) is 6.92. The minimum atomic E-state index is -2.17. The van der Waals surface area contributed by atoms with E-state index in [-0.39, 0.29) is 0 Å². The van der Waals surface area contributed by atoms with Gasteiger partial charge in [-0.1, -0.05) is 6.92 Å². The predicted octanol–water partition coefficient (Wildman–Crippen LogP) is 4.14. The fourth-order valence-corrected chi connectivity index (χ4v) is 1.09. The van der Waals surface area contributed by atoms with Gasteiger partial charge in [0, 0.05) is 38.8 Å². The van der Waals surface area contributed by atoms with E-state index in [1.54, 1.807) is 20.4 Å². The standard InChI is InChI=1S/C5H11N.C4H9N.C4H11O2P/c1-4-5(2)6-3;1-4(2)5-3;1-4-6-7(2,3)5/h4H2,1-3H3;1-3H3;4H2,1-3H3. The van der Waals surface area contributed by atoms with Crippen LogP contribution >= 0.6 is 7.37 Å². The number of nitrogens with zero attached hydrogens (tertiary/aromatic N) is 2. The third kappa shape index (κ3) is 36.1. The van der Waals surface area contributed by atoms with Gasteiger partial charge in [-0.2, -0.15) is 0 Å². The van der Waals surface area contributed by atoms with Crippen molar-refractivity contribution >= 4 is 18.8 Å². The van der Waals surface area contributed by atoms with Gasteiger partial charge in [-0.25, -0.2) is 0 Å². The van der Waals surface area contributed by atoms with E-state index in [9.17, 15) is 4.57 Å². The van der Waals surface area contributed by atoms with Gasteiger partial charge in [0.15, 0.2) is 7.37 Å². The van der Waals surface area contributed by atoms with Gasteiger partial charge in [-0.3, -0.25) is 14.5 Å². The molecule has 0 aromatic carbocycles. The quantitative estimate of drug-likeness (QED) is 0.575. The molecule has 0 unspecified atom stereocenters. The molecular weight excluding hydrogens is 247 g/mol. The van der Waals surface area contributed by atoms with Crippen molar-refractivity contribution in [2.45, 2.75) is 41.0 Å². The van der Waals surface area contributed by atoms with Crippen LogP contribution < -0.4 is 0 Å². The minimum absolute atomic E-state index is 0.546. The van der Waals surface area contributed by atoms with E-state index in [2.05, 4.69) is 16.9 Å². The lowest BCUT2D eigenvalue weighted by molar-refractivity contribution is 0.341. The molecule has 0 amide bonds. The molecule has 0 aromatic heterocycles. The Morgan fingerprint density at radius 3 is 1.44 bits per heavy atom. The highest BCUT2D eigenvalue weighted by Gasteiger charge is 2.02. The molecule has 0 aliphatic rings. The first-order chi connectivity index (χ1) is 8.14. The molecule has 0 spiro atoms. The average Bonchev–Trinajstić information content (AvgIpc) is 2.28. The number of rotatable bonds is 3. The molecule has 0 rings (SSSR count). The minimum Gasteiger partial charge on any atom is -0.329 e. The molecule has 0 aromatic rings. The van der Waals surface area contributed by atoms with Gasteiger partial charge < -0.3 is 4.52 Å². The van der Waals surface area contributed by atoms with E-state index in [4.69, 9.17) is 4.52 Å². The van der Waals surface area contributed by atoms with E-state index in [0.717, 1.165) is 12.1 Å². The summed E-state index contributed by atoms with van der Waals surface area (Å²) in [6.07, 6.45) is 1.08. The van der Waals surface area contributed by atoms with E-state index in [1.807, 2.05) is 34.7 Å². The van der Waals surface area contributed by atoms with Crippen molar-refractivity contribution in [3.05, 3.63) is 0 Å². The van der Waals surface area contributed by atoms with Crippen LogP contribution in [0.3, 0.4) is 0 Å². The molecule has 0 aliphatic carbocycles. The number of hydrogen-bond acceptors (Lipinski definition) is 4. The molecule has 0 fully saturated rings. The van der Waals surface area contributed by atoms with E-state index < -0.39 is 7.37 Å². The van der Waals surface area contributed by atoms with Gasteiger partial charge in [-0.15, -0.1) is 0 Å². The molecule has 0 saturated carbocycles. The highest BCUT2D eigenvalue weighted by Crippen LogP contribution is 2.36. The maximum Gasteiger partial charge on any atom is 0.197 e. The fourth-order valence-electron chi connectivity index (χ4n) is 0.469. The Morgan fingerprint density at radius 2 is 1.44 bits per heavy atom. The largest absolute Gasteiger partial charge is 0.329 e. The second kappa shape index (κ2) is 14.6. The Kier molecular flexibility index (Phi) is 18.4. The summed E-state index contributed by atoms with van der Waals surface area (Å²) in [6.45, 7) is 13.7. The molecule has 0 saturated heterocycles. The van der Waals surface area contributed by atoms with Crippen LogP contribution in [0.2, 0.25) is 0 Å². The molecule has 0 radical (unpaired) electrons. The van der Waals surface area contributed by atoms with Gasteiger partial charge in [0.05, 0.1) is 6.61 Å². The first kappa shape index (κ1) is 22.7. The highest BCUT2D eigenvalue weighted by molar-refractivity contribution is 7.57. The lowest BCUT2D eigenvalue weighted by atomic mass is 10.3. The zero-order valence-corrected chi connectivity index (χ0v) is 14.5. The monoisotopic (exact) mass is 278 g/mol. The van der Waals surface area contributed by atoms with Crippen molar-refractivity contribution in [2.24, 2.45) is 9.98 Å². The topological polar surface area (TPSA) is 51.0 Å². The summed E-state index contributed by atoms with van der Waals surface area (Å²) in [7, 11) is 1.44. The van der Waals surface area contributed by atoms with E-state index >= 15 is 0 Å². The lowest BCUT2D eigenvalue weighted by Crippen LogP contribution is -1.83. The van der Waals surface area contributed by atoms with Crippen molar-refractivity contribution in [3.63, 3.8) is 0 Å². The smallest absolute Gasteiger partial charge is 0.197 e. The van der Waals surface area contributed by atoms with Crippen LogP contribution in [0.4, 0.5) is 0 Å². The van der Waals surface area contributed by atoms with Gasteiger partial charge in [0.25, 0.3) is 0 Å². The molecule has 0 N–H and O–H groups in total. The molecule has 4 nitrogen and oxygen atoms in total. The number of hydrogen-bond donors (Lipinski definition) is 0. The maximum atomic E-state index is 10.6. The summed E-state index contributed by atoms with van der Waals surface area (Å²) >= 11 is 0. The number of aliphatic imine (C=N–C) groups is 2. The molecule has 18 heavy (non-hydrogen) atoms. The van der Waals surface area contributed by atoms with E-state index in [0.29, 0.717) is 6.61 Å². The summed E-state index contributed by atoms with van der Waals surface area (Å²) in [5.41, 5.74) is 2.35. The Morgan fingerprint density at radius 1 is 1.06 bits per heavy atom. The normalized spacial score (nSPS) is 10.6. The molecule has 0 heterocycles. The highest BCUT2D eigenvalue weighted by atomic mass is 31.2. The van der Waals surface area contributed by atoms with Crippen molar-refractivity contribution in [2.75, 3.05) is 34.0 Å². The van der Waals surface area contributed by atoms with Crippen LogP contribution in [0, 0.1) is 0 Å². The Balaban J connectivity index is -0.000000190. The molecule has 0 atom stereocenters. The van der Waals surface area contributed by atoms with Crippen molar-refractivity contribution < 1.29 is 9.09 Å². The summed E-state index contributed by atoms with van der Waals surface area (Å²) in [5.74, 6) is 0. The van der Waals surface area contributed by atoms with Gasteiger partial charge in [0.1, 0.15) is 0 Å². The summed E-state index contributed by atoms with van der Waals surface area (Å²) in [5, 5.41) is 0. The van der Waals surface area contributed by atoms with Gasteiger partial charge in [-0.05, 0) is 34.1 Å². The Bertz CT molecular complexity index is 277. The van der Waals surface area contributed by atoms with Crippen LogP contribution in [0.25, 0.3) is 0 Å². The zero-order valence-electron chi connectivity index (χ0n) is 13.6. The molecule has 5 heteroatoms. The van der Waals surface area contributed by atoms with Crippen molar-refractivity contribution in [1.29, 1.82) is 0 Å².